The Morgan fingerprint density at radius 3 is 2.84 bits per heavy atom. The van der Waals surface area contributed by atoms with Gasteiger partial charge in [0.1, 0.15) is 11.9 Å². The van der Waals surface area contributed by atoms with Gasteiger partial charge >= 0.3 is 0 Å². The molecule has 2 aromatic carbocycles. The summed E-state index contributed by atoms with van der Waals surface area (Å²) in [5.41, 5.74) is 1.78. The maximum absolute atomic E-state index is 12.6. The Bertz CT molecular complexity index is 1130. The smallest absolute Gasteiger partial charge is 0.274 e. The summed E-state index contributed by atoms with van der Waals surface area (Å²) in [6, 6.07) is 11.5. The van der Waals surface area contributed by atoms with Crippen LogP contribution in [0.25, 0.3) is 16.3 Å². The SMILES string of the molecule is COc1ccc2sc(OC3CCN(C(=O)/C=C/c4ccc5c(c4)OCO5)CC3)nc2c1. The van der Waals surface area contributed by atoms with E-state index < -0.39 is 0 Å². The van der Waals surface area contributed by atoms with Crippen LogP contribution in [-0.4, -0.2) is 48.9 Å². The van der Waals surface area contributed by atoms with Gasteiger partial charge in [-0.25, -0.2) is 4.98 Å². The minimum absolute atomic E-state index is 0.00296. The number of carbonyl (C=O) groups is 1. The van der Waals surface area contributed by atoms with Gasteiger partial charge in [-0.2, -0.15) is 0 Å². The van der Waals surface area contributed by atoms with Crippen molar-refractivity contribution in [2.24, 2.45) is 0 Å². The molecule has 1 fully saturated rings. The summed E-state index contributed by atoms with van der Waals surface area (Å²) in [4.78, 5) is 19.0. The number of nitrogens with zero attached hydrogens (tertiary/aromatic N) is 2. The zero-order valence-corrected chi connectivity index (χ0v) is 17.9. The van der Waals surface area contributed by atoms with Gasteiger partial charge in [-0.05, 0) is 35.9 Å². The molecule has 7 nitrogen and oxygen atoms in total. The van der Waals surface area contributed by atoms with Crippen molar-refractivity contribution in [3.05, 3.63) is 48.0 Å². The van der Waals surface area contributed by atoms with Crippen LogP contribution in [0.4, 0.5) is 0 Å². The largest absolute Gasteiger partial charge is 0.497 e. The number of carbonyl (C=O) groups excluding carboxylic acids is 1. The second-order valence-corrected chi connectivity index (χ2v) is 8.40. The number of rotatable bonds is 5. The summed E-state index contributed by atoms with van der Waals surface area (Å²) >= 11 is 1.53. The van der Waals surface area contributed by atoms with E-state index in [9.17, 15) is 4.79 Å². The van der Waals surface area contributed by atoms with Crippen LogP contribution in [0.3, 0.4) is 0 Å². The number of benzene rings is 2. The summed E-state index contributed by atoms with van der Waals surface area (Å²) in [5, 5.41) is 0.663. The summed E-state index contributed by atoms with van der Waals surface area (Å²) < 4.78 is 23.1. The molecule has 3 aromatic rings. The van der Waals surface area contributed by atoms with E-state index in [4.69, 9.17) is 18.9 Å². The van der Waals surface area contributed by atoms with Crippen LogP contribution in [0.2, 0.25) is 0 Å². The fraction of sp³-hybridized carbons (Fsp3) is 0.304. The number of piperidine rings is 1. The first kappa shape index (κ1) is 19.7. The van der Waals surface area contributed by atoms with Gasteiger partial charge in [0, 0.05) is 38.1 Å². The summed E-state index contributed by atoms with van der Waals surface area (Å²) in [7, 11) is 1.64. The van der Waals surface area contributed by atoms with Crippen LogP contribution in [-0.2, 0) is 4.79 Å². The highest BCUT2D eigenvalue weighted by atomic mass is 32.1. The number of methoxy groups -OCH3 is 1. The third kappa shape index (κ3) is 4.29. The van der Waals surface area contributed by atoms with Crippen LogP contribution in [0, 0.1) is 0 Å². The molecule has 5 rings (SSSR count). The molecule has 1 saturated heterocycles. The van der Waals surface area contributed by atoms with Gasteiger partial charge in [0.25, 0.3) is 5.19 Å². The number of hydrogen-bond donors (Lipinski definition) is 0. The predicted molar refractivity (Wildman–Crippen MR) is 118 cm³/mol. The number of ether oxygens (including phenoxy) is 4. The van der Waals surface area contributed by atoms with Crippen LogP contribution >= 0.6 is 11.3 Å². The quantitative estimate of drug-likeness (QED) is 0.558. The number of thiazole rings is 1. The predicted octanol–water partition coefficient (Wildman–Crippen LogP) is 4.12. The minimum atomic E-state index is 0.00296. The molecule has 1 amide bonds. The lowest BCUT2D eigenvalue weighted by molar-refractivity contribution is -0.127. The van der Waals surface area contributed by atoms with E-state index in [0.29, 0.717) is 24.0 Å². The van der Waals surface area contributed by atoms with Crippen molar-refractivity contribution in [1.82, 2.24) is 9.88 Å². The number of hydrogen-bond acceptors (Lipinski definition) is 7. The van der Waals surface area contributed by atoms with E-state index in [0.717, 1.165) is 40.1 Å². The first-order valence-corrected chi connectivity index (χ1v) is 11.0. The van der Waals surface area contributed by atoms with E-state index in [-0.39, 0.29) is 18.8 Å². The zero-order chi connectivity index (χ0) is 21.2. The molecule has 0 saturated carbocycles. The van der Waals surface area contributed by atoms with Crippen LogP contribution in [0.15, 0.2) is 42.5 Å². The van der Waals surface area contributed by atoms with Gasteiger partial charge in [0.05, 0.1) is 17.3 Å². The minimum Gasteiger partial charge on any atom is -0.497 e. The monoisotopic (exact) mass is 438 g/mol. The summed E-state index contributed by atoms with van der Waals surface area (Å²) in [6.07, 6.45) is 5.04. The molecule has 0 atom stereocenters. The lowest BCUT2D eigenvalue weighted by Crippen LogP contribution is -2.41. The molecule has 2 aliphatic rings. The van der Waals surface area contributed by atoms with Gasteiger partial charge in [0.2, 0.25) is 12.7 Å². The number of aromatic nitrogens is 1. The maximum atomic E-state index is 12.6. The number of fused-ring (bicyclic) bond motifs is 2. The lowest BCUT2D eigenvalue weighted by atomic mass is 10.1. The Balaban J connectivity index is 1.15. The van der Waals surface area contributed by atoms with Crippen molar-refractivity contribution in [1.29, 1.82) is 0 Å². The average molecular weight is 439 g/mol. The highest BCUT2D eigenvalue weighted by Crippen LogP contribution is 2.33. The third-order valence-electron chi connectivity index (χ3n) is 5.41. The van der Waals surface area contributed by atoms with Crippen LogP contribution in [0.5, 0.6) is 22.4 Å². The molecule has 0 aliphatic carbocycles. The van der Waals surface area contributed by atoms with E-state index in [1.54, 1.807) is 13.2 Å². The molecule has 31 heavy (non-hydrogen) atoms. The van der Waals surface area contributed by atoms with Crippen molar-refractivity contribution in [3.8, 4) is 22.4 Å². The molecule has 3 heterocycles. The molecular formula is C23H22N2O5S. The van der Waals surface area contributed by atoms with Gasteiger partial charge in [0.15, 0.2) is 11.5 Å². The molecule has 160 valence electrons. The Kier molecular flexibility index (Phi) is 5.38. The molecule has 8 heteroatoms. The zero-order valence-electron chi connectivity index (χ0n) is 17.1. The molecule has 0 bridgehead atoms. The molecule has 0 unspecified atom stereocenters. The standard InChI is InChI=1S/C23H22N2O5S/c1-27-17-4-6-21-18(13-17)24-23(31-21)30-16-8-10-25(11-9-16)22(26)7-3-15-2-5-19-20(12-15)29-14-28-19/h2-7,12-13,16H,8-11,14H2,1H3/b7-3+. The molecular weight excluding hydrogens is 416 g/mol. The van der Waals surface area contributed by atoms with Gasteiger partial charge in [-0.1, -0.05) is 17.4 Å². The van der Waals surface area contributed by atoms with E-state index in [2.05, 4.69) is 4.98 Å². The second-order valence-electron chi connectivity index (χ2n) is 7.40. The molecule has 2 aliphatic heterocycles. The van der Waals surface area contributed by atoms with E-state index >= 15 is 0 Å². The summed E-state index contributed by atoms with van der Waals surface area (Å²) in [6.45, 7) is 1.56. The Morgan fingerprint density at radius 1 is 1.16 bits per heavy atom. The van der Waals surface area contributed by atoms with E-state index in [1.165, 1.54) is 11.3 Å². The Hall–Kier alpha value is -3.26. The first-order valence-electron chi connectivity index (χ1n) is 10.2. The van der Waals surface area contributed by atoms with E-state index in [1.807, 2.05) is 47.4 Å². The van der Waals surface area contributed by atoms with Crippen molar-refractivity contribution in [2.45, 2.75) is 18.9 Å². The van der Waals surface area contributed by atoms with Crippen LogP contribution in [0.1, 0.15) is 18.4 Å². The van der Waals surface area contributed by atoms with Crippen molar-refractivity contribution >= 4 is 33.5 Å². The second kappa shape index (κ2) is 8.47. The first-order chi connectivity index (χ1) is 15.2. The molecule has 1 aromatic heterocycles. The highest BCUT2D eigenvalue weighted by molar-refractivity contribution is 7.20. The van der Waals surface area contributed by atoms with Crippen molar-refractivity contribution < 1.29 is 23.7 Å². The molecule has 0 radical (unpaired) electrons. The average Bonchev–Trinajstić information content (AvgIpc) is 3.43. The van der Waals surface area contributed by atoms with Crippen molar-refractivity contribution in [3.63, 3.8) is 0 Å². The lowest BCUT2D eigenvalue weighted by Gasteiger charge is -2.30. The molecule has 0 N–H and O–H groups in total. The van der Waals surface area contributed by atoms with Crippen LogP contribution < -0.4 is 18.9 Å². The van der Waals surface area contributed by atoms with Gasteiger partial charge in [-0.15, -0.1) is 0 Å². The number of amides is 1. The normalized spacial score (nSPS) is 16.2. The fourth-order valence-electron chi connectivity index (χ4n) is 3.69. The Morgan fingerprint density at radius 2 is 2.00 bits per heavy atom. The fourth-order valence-corrected chi connectivity index (χ4v) is 4.55. The van der Waals surface area contributed by atoms with Gasteiger partial charge in [-0.3, -0.25) is 4.79 Å². The van der Waals surface area contributed by atoms with Crippen molar-refractivity contribution in [2.75, 3.05) is 27.0 Å². The molecule has 0 spiro atoms. The summed E-state index contributed by atoms with van der Waals surface area (Å²) in [5.74, 6) is 2.23. The third-order valence-corrected chi connectivity index (χ3v) is 6.34. The maximum Gasteiger partial charge on any atom is 0.274 e. The topological polar surface area (TPSA) is 70.1 Å². The Labute approximate surface area is 183 Å². The number of likely N-dealkylation sites (tertiary alicyclic amines) is 1. The van der Waals surface area contributed by atoms with Gasteiger partial charge < -0.3 is 23.8 Å². The highest BCUT2D eigenvalue weighted by Gasteiger charge is 2.24.